The van der Waals surface area contributed by atoms with Gasteiger partial charge in [-0.05, 0) is 37.6 Å². The molecule has 0 bridgehead atoms. The average molecular weight is 292 g/mol. The first-order valence-corrected chi connectivity index (χ1v) is 7.34. The van der Waals surface area contributed by atoms with Gasteiger partial charge in [-0.2, -0.15) is 0 Å². The molecule has 0 spiro atoms. The van der Waals surface area contributed by atoms with E-state index in [9.17, 15) is 4.79 Å². The molecule has 1 aliphatic rings. The minimum absolute atomic E-state index is 0.0437. The van der Waals surface area contributed by atoms with Crippen molar-refractivity contribution in [1.82, 2.24) is 10.6 Å². The van der Waals surface area contributed by atoms with Crippen LogP contribution in [-0.2, 0) is 9.53 Å². The van der Waals surface area contributed by atoms with Crippen LogP contribution in [0.3, 0.4) is 0 Å². The molecule has 1 fully saturated rings. The second-order valence-corrected chi connectivity index (χ2v) is 5.56. The largest absolute Gasteiger partial charge is 0.492 e. The van der Waals surface area contributed by atoms with Gasteiger partial charge >= 0.3 is 0 Å². The van der Waals surface area contributed by atoms with E-state index in [0.717, 1.165) is 24.3 Å². The molecule has 0 radical (unpaired) electrons. The summed E-state index contributed by atoms with van der Waals surface area (Å²) in [6.07, 6.45) is 0.811. The summed E-state index contributed by atoms with van der Waals surface area (Å²) < 4.78 is 10.8. The monoisotopic (exact) mass is 292 g/mol. The lowest BCUT2D eigenvalue weighted by atomic mass is 9.87. The number of aryl methyl sites for hydroxylation is 1. The Bertz CT molecular complexity index is 470. The molecule has 0 aromatic heterocycles. The maximum atomic E-state index is 12.3. The highest BCUT2D eigenvalue weighted by atomic mass is 16.5. The Morgan fingerprint density at radius 1 is 1.48 bits per heavy atom. The van der Waals surface area contributed by atoms with Crippen molar-refractivity contribution < 1.29 is 14.3 Å². The molecular formula is C16H24N2O3. The van der Waals surface area contributed by atoms with Crippen LogP contribution >= 0.6 is 0 Å². The minimum Gasteiger partial charge on any atom is -0.492 e. The number of rotatable bonds is 7. The molecule has 1 aromatic rings. The first kappa shape index (κ1) is 15.8. The van der Waals surface area contributed by atoms with E-state index < -0.39 is 5.41 Å². The number of amides is 1. The van der Waals surface area contributed by atoms with Crippen LogP contribution in [0.15, 0.2) is 24.3 Å². The first-order valence-electron chi connectivity index (χ1n) is 7.34. The number of hydrogen-bond acceptors (Lipinski definition) is 4. The lowest BCUT2D eigenvalue weighted by Gasteiger charge is -2.25. The van der Waals surface area contributed by atoms with Crippen molar-refractivity contribution in [1.29, 1.82) is 0 Å². The number of ether oxygens (including phenoxy) is 2. The number of carbonyl (C=O) groups excluding carboxylic acids is 1. The van der Waals surface area contributed by atoms with Crippen LogP contribution < -0.4 is 15.4 Å². The van der Waals surface area contributed by atoms with Crippen LogP contribution in [0, 0.1) is 12.3 Å². The van der Waals surface area contributed by atoms with E-state index in [1.807, 2.05) is 31.2 Å². The van der Waals surface area contributed by atoms with Gasteiger partial charge < -0.3 is 20.1 Å². The van der Waals surface area contributed by atoms with Gasteiger partial charge in [0.15, 0.2) is 0 Å². The zero-order chi connectivity index (χ0) is 15.1. The maximum Gasteiger partial charge on any atom is 0.230 e. The summed E-state index contributed by atoms with van der Waals surface area (Å²) in [6, 6.07) is 7.88. The summed E-state index contributed by atoms with van der Waals surface area (Å²) in [7, 11) is 1.63. The molecule has 0 aliphatic carbocycles. The summed E-state index contributed by atoms with van der Waals surface area (Å²) in [4.78, 5) is 12.3. The van der Waals surface area contributed by atoms with E-state index in [-0.39, 0.29) is 5.91 Å². The molecule has 1 saturated heterocycles. The van der Waals surface area contributed by atoms with Crippen LogP contribution in [0.4, 0.5) is 0 Å². The van der Waals surface area contributed by atoms with E-state index in [0.29, 0.717) is 26.3 Å². The summed E-state index contributed by atoms with van der Waals surface area (Å²) >= 11 is 0. The van der Waals surface area contributed by atoms with Crippen molar-refractivity contribution in [2.24, 2.45) is 5.41 Å². The smallest absolute Gasteiger partial charge is 0.230 e. The Morgan fingerprint density at radius 2 is 2.33 bits per heavy atom. The fourth-order valence-electron chi connectivity index (χ4n) is 2.63. The van der Waals surface area contributed by atoms with Gasteiger partial charge in [-0.1, -0.05) is 12.1 Å². The molecule has 2 rings (SSSR count). The predicted octanol–water partition coefficient (Wildman–Crippen LogP) is 1.12. The van der Waals surface area contributed by atoms with Crippen molar-refractivity contribution in [2.75, 3.05) is 40.0 Å². The van der Waals surface area contributed by atoms with Gasteiger partial charge in [0.05, 0.1) is 18.6 Å². The third kappa shape index (κ3) is 4.19. The van der Waals surface area contributed by atoms with Crippen LogP contribution in [0.5, 0.6) is 5.75 Å². The Kier molecular flexibility index (Phi) is 5.59. The summed E-state index contributed by atoms with van der Waals surface area (Å²) in [5.41, 5.74) is 0.727. The van der Waals surface area contributed by atoms with E-state index >= 15 is 0 Å². The quantitative estimate of drug-likeness (QED) is 0.739. The lowest BCUT2D eigenvalue weighted by molar-refractivity contribution is -0.133. The van der Waals surface area contributed by atoms with Gasteiger partial charge in [-0.15, -0.1) is 0 Å². The van der Waals surface area contributed by atoms with E-state index in [1.54, 1.807) is 7.11 Å². The minimum atomic E-state index is -0.432. The molecule has 1 unspecified atom stereocenters. The standard InChI is InChI=1S/C16H24N2O3/c1-13-4-3-5-14(10-13)21-9-8-18-15(19)16(12-20-2)6-7-17-11-16/h3-5,10,17H,6-9,11-12H2,1-2H3,(H,18,19). The third-order valence-electron chi connectivity index (χ3n) is 3.79. The number of hydrogen-bond donors (Lipinski definition) is 2. The number of methoxy groups -OCH3 is 1. The van der Waals surface area contributed by atoms with E-state index in [2.05, 4.69) is 10.6 Å². The molecule has 1 aliphatic heterocycles. The second kappa shape index (κ2) is 7.43. The summed E-state index contributed by atoms with van der Waals surface area (Å²) in [6.45, 7) is 4.96. The fraction of sp³-hybridized carbons (Fsp3) is 0.562. The molecular weight excluding hydrogens is 268 g/mol. The van der Waals surface area contributed by atoms with Crippen molar-refractivity contribution in [3.8, 4) is 5.75 Å². The van der Waals surface area contributed by atoms with Crippen LogP contribution in [-0.4, -0.2) is 45.9 Å². The highest BCUT2D eigenvalue weighted by Crippen LogP contribution is 2.25. The van der Waals surface area contributed by atoms with Crippen molar-refractivity contribution in [2.45, 2.75) is 13.3 Å². The predicted molar refractivity (Wildman–Crippen MR) is 81.5 cm³/mol. The Balaban J connectivity index is 1.76. The Hall–Kier alpha value is -1.59. The van der Waals surface area contributed by atoms with Crippen LogP contribution in [0.2, 0.25) is 0 Å². The van der Waals surface area contributed by atoms with Gasteiger partial charge in [0.25, 0.3) is 0 Å². The summed E-state index contributed by atoms with van der Waals surface area (Å²) in [5.74, 6) is 0.876. The molecule has 5 nitrogen and oxygen atoms in total. The van der Waals surface area contributed by atoms with Gasteiger partial charge in [0, 0.05) is 13.7 Å². The molecule has 116 valence electrons. The zero-order valence-corrected chi connectivity index (χ0v) is 12.8. The molecule has 1 atom stereocenters. The normalized spacial score (nSPS) is 21.2. The SMILES string of the molecule is COCC1(C(=O)NCCOc2cccc(C)c2)CCNC1. The Morgan fingerprint density at radius 3 is 3.00 bits per heavy atom. The van der Waals surface area contributed by atoms with E-state index in [1.165, 1.54) is 0 Å². The Labute approximate surface area is 126 Å². The average Bonchev–Trinajstić information content (AvgIpc) is 2.94. The number of benzene rings is 1. The molecule has 21 heavy (non-hydrogen) atoms. The highest BCUT2D eigenvalue weighted by Gasteiger charge is 2.41. The van der Waals surface area contributed by atoms with E-state index in [4.69, 9.17) is 9.47 Å². The highest BCUT2D eigenvalue weighted by molar-refractivity contribution is 5.83. The molecule has 1 amide bonds. The van der Waals surface area contributed by atoms with Gasteiger partial charge in [-0.25, -0.2) is 0 Å². The van der Waals surface area contributed by atoms with Crippen LogP contribution in [0.1, 0.15) is 12.0 Å². The van der Waals surface area contributed by atoms with Gasteiger partial charge in [0.1, 0.15) is 12.4 Å². The van der Waals surface area contributed by atoms with Crippen molar-refractivity contribution in [3.63, 3.8) is 0 Å². The summed E-state index contributed by atoms with van der Waals surface area (Å²) in [5, 5.41) is 6.18. The first-order chi connectivity index (χ1) is 10.2. The molecule has 5 heteroatoms. The number of nitrogens with one attached hydrogen (secondary N) is 2. The lowest BCUT2D eigenvalue weighted by Crippen LogP contribution is -2.46. The maximum absolute atomic E-state index is 12.3. The molecule has 0 saturated carbocycles. The third-order valence-corrected chi connectivity index (χ3v) is 3.79. The topological polar surface area (TPSA) is 59.6 Å². The fourth-order valence-corrected chi connectivity index (χ4v) is 2.63. The molecule has 1 heterocycles. The second-order valence-electron chi connectivity index (χ2n) is 5.56. The zero-order valence-electron chi connectivity index (χ0n) is 12.8. The van der Waals surface area contributed by atoms with Crippen LogP contribution in [0.25, 0.3) is 0 Å². The molecule has 2 N–H and O–H groups in total. The van der Waals surface area contributed by atoms with Crippen molar-refractivity contribution >= 4 is 5.91 Å². The number of carbonyl (C=O) groups is 1. The van der Waals surface area contributed by atoms with Gasteiger partial charge in [-0.3, -0.25) is 4.79 Å². The molecule has 1 aromatic carbocycles. The van der Waals surface area contributed by atoms with Gasteiger partial charge in [0.2, 0.25) is 5.91 Å². The van der Waals surface area contributed by atoms with Crippen molar-refractivity contribution in [3.05, 3.63) is 29.8 Å².